The van der Waals surface area contributed by atoms with E-state index in [2.05, 4.69) is 15.8 Å². The second-order valence-electron chi connectivity index (χ2n) is 8.11. The summed E-state index contributed by atoms with van der Waals surface area (Å²) >= 11 is 6.06. The van der Waals surface area contributed by atoms with Crippen LogP contribution in [-0.2, 0) is 4.79 Å². The highest BCUT2D eigenvalue weighted by Gasteiger charge is 2.25. The smallest absolute Gasteiger partial charge is 0.293 e. The van der Waals surface area contributed by atoms with Gasteiger partial charge in [0.05, 0.1) is 21.7 Å². The second kappa shape index (κ2) is 10.9. The average molecular weight is 472 g/mol. The SMILES string of the molecule is CC(C)C(NC(=O)c1ccccc1Cl)C(=O)N/N=C\c1ccc(N2CCCC2)c([N+](=O)[O-])c1. The van der Waals surface area contributed by atoms with E-state index in [0.717, 1.165) is 25.9 Å². The minimum Gasteiger partial charge on any atom is -0.366 e. The van der Waals surface area contributed by atoms with Crippen molar-refractivity contribution in [2.45, 2.75) is 32.7 Å². The minimum atomic E-state index is -0.849. The Balaban J connectivity index is 1.68. The molecule has 2 aromatic carbocycles. The minimum absolute atomic E-state index is 0.000707. The molecular formula is C23H26ClN5O4. The Morgan fingerprint density at radius 2 is 1.88 bits per heavy atom. The van der Waals surface area contributed by atoms with Crippen LogP contribution >= 0.6 is 11.6 Å². The van der Waals surface area contributed by atoms with Gasteiger partial charge >= 0.3 is 0 Å². The van der Waals surface area contributed by atoms with Crippen molar-refractivity contribution in [2.24, 2.45) is 11.0 Å². The molecule has 2 aromatic rings. The lowest BCUT2D eigenvalue weighted by Gasteiger charge is -2.20. The van der Waals surface area contributed by atoms with Gasteiger partial charge in [-0.1, -0.05) is 43.6 Å². The molecule has 1 heterocycles. The Labute approximate surface area is 197 Å². The zero-order chi connectivity index (χ0) is 24.0. The molecule has 9 nitrogen and oxygen atoms in total. The summed E-state index contributed by atoms with van der Waals surface area (Å²) in [5.41, 5.74) is 3.74. The highest BCUT2D eigenvalue weighted by molar-refractivity contribution is 6.33. The third-order valence-corrected chi connectivity index (χ3v) is 5.72. The number of benzene rings is 2. The lowest BCUT2D eigenvalue weighted by atomic mass is 10.0. The first-order valence-corrected chi connectivity index (χ1v) is 11.1. The van der Waals surface area contributed by atoms with Crippen molar-refractivity contribution in [2.75, 3.05) is 18.0 Å². The standard InChI is InChI=1S/C23H26ClN5O4/c1-15(2)21(26-22(30)17-7-3-4-8-18(17)24)23(31)27-25-14-16-9-10-19(20(13-16)29(32)33)28-11-5-6-12-28/h3-4,7-10,13-15,21H,5-6,11-12H2,1-2H3,(H,26,30)(H,27,31)/b25-14-. The van der Waals surface area contributed by atoms with Gasteiger partial charge in [-0.3, -0.25) is 19.7 Å². The van der Waals surface area contributed by atoms with Crippen LogP contribution in [0.3, 0.4) is 0 Å². The van der Waals surface area contributed by atoms with Gasteiger partial charge in [-0.25, -0.2) is 5.43 Å². The lowest BCUT2D eigenvalue weighted by Crippen LogP contribution is -2.48. The molecule has 33 heavy (non-hydrogen) atoms. The van der Waals surface area contributed by atoms with E-state index in [1.54, 1.807) is 50.2 Å². The fraction of sp³-hybridized carbons (Fsp3) is 0.348. The molecular weight excluding hydrogens is 446 g/mol. The molecule has 1 unspecified atom stereocenters. The number of hydrogen-bond acceptors (Lipinski definition) is 6. The highest BCUT2D eigenvalue weighted by atomic mass is 35.5. The number of halogens is 1. The molecule has 0 bridgehead atoms. The molecule has 0 aliphatic carbocycles. The molecule has 0 saturated carbocycles. The molecule has 1 aliphatic heterocycles. The predicted octanol–water partition coefficient (Wildman–Crippen LogP) is 3.75. The van der Waals surface area contributed by atoms with Crippen molar-refractivity contribution >= 4 is 41.0 Å². The summed E-state index contributed by atoms with van der Waals surface area (Å²) in [6, 6.07) is 10.6. The number of nitro groups is 1. The number of nitrogens with one attached hydrogen (secondary N) is 2. The maximum Gasteiger partial charge on any atom is 0.293 e. The van der Waals surface area contributed by atoms with E-state index >= 15 is 0 Å². The average Bonchev–Trinajstić information content (AvgIpc) is 3.32. The molecule has 2 N–H and O–H groups in total. The van der Waals surface area contributed by atoms with E-state index in [0.29, 0.717) is 11.3 Å². The molecule has 0 spiro atoms. The van der Waals surface area contributed by atoms with Gasteiger partial charge in [0.2, 0.25) is 0 Å². The summed E-state index contributed by atoms with van der Waals surface area (Å²) in [4.78, 5) is 38.3. The summed E-state index contributed by atoms with van der Waals surface area (Å²) in [5.74, 6) is -1.19. The first kappa shape index (κ1) is 24.2. The molecule has 1 atom stereocenters. The van der Waals surface area contributed by atoms with Crippen LogP contribution < -0.4 is 15.6 Å². The third kappa shape index (κ3) is 6.07. The Morgan fingerprint density at radius 3 is 2.52 bits per heavy atom. The van der Waals surface area contributed by atoms with E-state index in [-0.39, 0.29) is 22.2 Å². The number of carbonyl (C=O) groups excluding carboxylic acids is 2. The Bertz CT molecular complexity index is 1070. The number of anilines is 1. The van der Waals surface area contributed by atoms with Crippen molar-refractivity contribution in [1.82, 2.24) is 10.7 Å². The molecule has 174 valence electrons. The Hall–Kier alpha value is -3.46. The summed E-state index contributed by atoms with van der Waals surface area (Å²) in [6.45, 7) is 5.17. The number of hydrazone groups is 1. The van der Waals surface area contributed by atoms with Crippen LogP contribution in [0.5, 0.6) is 0 Å². The molecule has 1 fully saturated rings. The number of hydrogen-bond donors (Lipinski definition) is 2. The fourth-order valence-electron chi connectivity index (χ4n) is 3.63. The van der Waals surface area contributed by atoms with Crippen LogP contribution in [0.2, 0.25) is 5.02 Å². The fourth-order valence-corrected chi connectivity index (χ4v) is 3.85. The van der Waals surface area contributed by atoms with Crippen molar-refractivity contribution in [3.63, 3.8) is 0 Å². The zero-order valence-corrected chi connectivity index (χ0v) is 19.2. The van der Waals surface area contributed by atoms with Gasteiger partial charge < -0.3 is 10.2 Å². The first-order chi connectivity index (χ1) is 15.8. The number of amides is 2. The van der Waals surface area contributed by atoms with Gasteiger partial charge in [0, 0.05) is 24.7 Å². The largest absolute Gasteiger partial charge is 0.366 e. The molecule has 2 amide bonds. The van der Waals surface area contributed by atoms with Crippen molar-refractivity contribution in [3.8, 4) is 0 Å². The molecule has 10 heteroatoms. The van der Waals surface area contributed by atoms with Gasteiger partial charge in [-0.05, 0) is 37.0 Å². The van der Waals surface area contributed by atoms with Gasteiger partial charge in [-0.2, -0.15) is 5.10 Å². The summed E-state index contributed by atoms with van der Waals surface area (Å²) in [5, 5.41) is 18.4. The summed E-state index contributed by atoms with van der Waals surface area (Å²) < 4.78 is 0. The van der Waals surface area contributed by atoms with Gasteiger partial charge in [-0.15, -0.1) is 0 Å². The molecule has 1 saturated heterocycles. The normalized spacial score (nSPS) is 14.5. The maximum absolute atomic E-state index is 12.6. The lowest BCUT2D eigenvalue weighted by molar-refractivity contribution is -0.384. The van der Waals surface area contributed by atoms with Gasteiger partial charge in [0.25, 0.3) is 17.5 Å². The van der Waals surface area contributed by atoms with Crippen LogP contribution in [0.25, 0.3) is 0 Å². The molecule has 3 rings (SSSR count). The number of nitrogens with zero attached hydrogens (tertiary/aromatic N) is 3. The first-order valence-electron chi connectivity index (χ1n) is 10.7. The maximum atomic E-state index is 12.6. The Morgan fingerprint density at radius 1 is 1.18 bits per heavy atom. The third-order valence-electron chi connectivity index (χ3n) is 5.39. The monoisotopic (exact) mass is 471 g/mol. The van der Waals surface area contributed by atoms with Crippen LogP contribution in [-0.4, -0.2) is 42.1 Å². The van der Waals surface area contributed by atoms with Crippen molar-refractivity contribution in [1.29, 1.82) is 0 Å². The second-order valence-corrected chi connectivity index (χ2v) is 8.52. The predicted molar refractivity (Wildman–Crippen MR) is 128 cm³/mol. The van der Waals surface area contributed by atoms with Crippen molar-refractivity contribution < 1.29 is 14.5 Å². The van der Waals surface area contributed by atoms with E-state index in [4.69, 9.17) is 11.6 Å². The molecule has 0 radical (unpaired) electrons. The quantitative estimate of drug-likeness (QED) is 0.345. The number of carbonyl (C=O) groups is 2. The van der Waals surface area contributed by atoms with Gasteiger partial charge in [0.1, 0.15) is 11.7 Å². The number of rotatable bonds is 8. The summed E-state index contributed by atoms with van der Waals surface area (Å²) in [6.07, 6.45) is 3.36. The molecule has 0 aromatic heterocycles. The van der Waals surface area contributed by atoms with Crippen molar-refractivity contribution in [3.05, 3.63) is 68.7 Å². The van der Waals surface area contributed by atoms with Crippen LogP contribution in [0.4, 0.5) is 11.4 Å². The van der Waals surface area contributed by atoms with E-state index < -0.39 is 22.8 Å². The van der Waals surface area contributed by atoms with Crippen LogP contribution in [0.1, 0.15) is 42.6 Å². The topological polar surface area (TPSA) is 117 Å². The summed E-state index contributed by atoms with van der Waals surface area (Å²) in [7, 11) is 0. The Kier molecular flexibility index (Phi) is 8.00. The molecule has 1 aliphatic rings. The van der Waals surface area contributed by atoms with Gasteiger partial charge in [0.15, 0.2) is 0 Å². The van der Waals surface area contributed by atoms with E-state index in [9.17, 15) is 19.7 Å². The highest BCUT2D eigenvalue weighted by Crippen LogP contribution is 2.31. The van der Waals surface area contributed by atoms with Crippen LogP contribution in [0, 0.1) is 16.0 Å². The van der Waals surface area contributed by atoms with E-state index in [1.165, 1.54) is 12.3 Å². The van der Waals surface area contributed by atoms with Crippen LogP contribution in [0.15, 0.2) is 47.6 Å². The zero-order valence-electron chi connectivity index (χ0n) is 18.5. The van der Waals surface area contributed by atoms with E-state index in [1.807, 2.05) is 4.90 Å². The number of nitro benzene ring substituents is 1.